The summed E-state index contributed by atoms with van der Waals surface area (Å²) in [6.45, 7) is 1.74. The molecule has 0 radical (unpaired) electrons. The second-order valence-electron chi connectivity index (χ2n) is 3.58. The Morgan fingerprint density at radius 2 is 2.10 bits per heavy atom. The Kier molecular flexibility index (Phi) is 5.39. The lowest BCUT2D eigenvalue weighted by Crippen LogP contribution is -2.18. The van der Waals surface area contributed by atoms with Crippen LogP contribution >= 0.6 is 15.9 Å². The highest BCUT2D eigenvalue weighted by Gasteiger charge is 2.32. The van der Waals surface area contributed by atoms with Crippen molar-refractivity contribution in [2.75, 3.05) is 6.61 Å². The third kappa shape index (κ3) is 4.74. The van der Waals surface area contributed by atoms with Crippen LogP contribution < -0.4 is 4.74 Å². The van der Waals surface area contributed by atoms with Crippen LogP contribution in [0, 0.1) is 11.3 Å². The summed E-state index contributed by atoms with van der Waals surface area (Å²) >= 11 is 2.88. The molecule has 0 heterocycles. The van der Waals surface area contributed by atoms with E-state index in [1.54, 1.807) is 13.0 Å². The summed E-state index contributed by atoms with van der Waals surface area (Å²) in [5.74, 6) is -1.15. The van der Waals surface area contributed by atoms with Gasteiger partial charge in [-0.2, -0.15) is 5.26 Å². The number of alkyl halides is 3. The van der Waals surface area contributed by atoms with Crippen LogP contribution in [0.25, 0.3) is 0 Å². The van der Waals surface area contributed by atoms with Gasteiger partial charge in [0.2, 0.25) is 0 Å². The third-order valence-corrected chi connectivity index (χ3v) is 2.76. The largest absolute Gasteiger partial charge is 0.573 e. The zero-order chi connectivity index (χ0) is 15.3. The summed E-state index contributed by atoms with van der Waals surface area (Å²) in [5, 5.41) is 8.92. The molecule has 0 unspecified atom stereocenters. The Balaban J connectivity index is 3.12. The highest BCUT2D eigenvalue weighted by molar-refractivity contribution is 9.10. The molecule has 0 atom stereocenters. The van der Waals surface area contributed by atoms with E-state index < -0.39 is 18.1 Å². The number of hydrogen-bond acceptors (Lipinski definition) is 4. The molecule has 0 amide bonds. The lowest BCUT2D eigenvalue weighted by atomic mass is 10.1. The maximum atomic E-state index is 12.2. The summed E-state index contributed by atoms with van der Waals surface area (Å²) in [6, 6.07) is 3.95. The van der Waals surface area contributed by atoms with Gasteiger partial charge in [-0.1, -0.05) is 0 Å². The van der Waals surface area contributed by atoms with E-state index in [1.807, 2.05) is 0 Å². The first-order chi connectivity index (χ1) is 9.26. The second-order valence-corrected chi connectivity index (χ2v) is 4.44. The molecule has 8 heteroatoms. The Labute approximate surface area is 121 Å². The molecule has 0 aliphatic heterocycles. The average molecular weight is 352 g/mol. The minimum Gasteiger partial charge on any atom is -0.466 e. The van der Waals surface area contributed by atoms with Crippen LogP contribution in [0.1, 0.15) is 18.1 Å². The van der Waals surface area contributed by atoms with Gasteiger partial charge >= 0.3 is 12.3 Å². The molecule has 0 aromatic heterocycles. The van der Waals surface area contributed by atoms with Gasteiger partial charge in [0.05, 0.1) is 29.1 Å². The van der Waals surface area contributed by atoms with Gasteiger partial charge in [-0.3, -0.25) is 4.79 Å². The van der Waals surface area contributed by atoms with Crippen molar-refractivity contribution in [3.8, 4) is 11.8 Å². The van der Waals surface area contributed by atoms with Crippen LogP contribution in [0.4, 0.5) is 13.2 Å². The molecule has 1 aromatic rings. The highest BCUT2D eigenvalue weighted by Crippen LogP contribution is 2.33. The number of carbonyl (C=O) groups excluding carboxylic acids is 1. The number of ether oxygens (including phenoxy) is 2. The second kappa shape index (κ2) is 6.61. The van der Waals surface area contributed by atoms with Crippen molar-refractivity contribution in [2.24, 2.45) is 0 Å². The Bertz CT molecular complexity index is 552. The molecule has 1 rings (SSSR count). The number of halogens is 4. The molecule has 0 N–H and O–H groups in total. The van der Waals surface area contributed by atoms with Crippen molar-refractivity contribution in [1.82, 2.24) is 0 Å². The zero-order valence-electron chi connectivity index (χ0n) is 10.3. The van der Waals surface area contributed by atoms with Crippen LogP contribution in [0.5, 0.6) is 5.75 Å². The lowest BCUT2D eigenvalue weighted by Gasteiger charge is -2.13. The fourth-order valence-corrected chi connectivity index (χ4v) is 1.84. The van der Waals surface area contributed by atoms with E-state index in [0.717, 1.165) is 12.1 Å². The number of nitrogens with zero attached hydrogens (tertiary/aromatic N) is 1. The molecule has 20 heavy (non-hydrogen) atoms. The fraction of sp³-hybridized carbons (Fsp3) is 0.333. The first-order valence-electron chi connectivity index (χ1n) is 5.40. The predicted octanol–water partition coefficient (Wildman–Crippen LogP) is 3.32. The van der Waals surface area contributed by atoms with Crippen LogP contribution in [-0.2, 0) is 16.0 Å². The molecule has 0 saturated heterocycles. The van der Waals surface area contributed by atoms with E-state index in [4.69, 9.17) is 10.00 Å². The molecule has 0 spiro atoms. The van der Waals surface area contributed by atoms with Crippen molar-refractivity contribution < 1.29 is 27.4 Å². The smallest absolute Gasteiger partial charge is 0.466 e. The predicted molar refractivity (Wildman–Crippen MR) is 65.9 cm³/mol. The van der Waals surface area contributed by atoms with Gasteiger partial charge in [-0.25, -0.2) is 0 Å². The Morgan fingerprint density at radius 3 is 2.60 bits per heavy atom. The number of hydrogen-bond donors (Lipinski definition) is 0. The normalized spacial score (nSPS) is 10.8. The van der Waals surface area contributed by atoms with Gasteiger partial charge in [0.25, 0.3) is 0 Å². The summed E-state index contributed by atoms with van der Waals surface area (Å²) in [4.78, 5) is 11.4. The molecule has 4 nitrogen and oxygen atoms in total. The maximum absolute atomic E-state index is 12.2. The van der Waals surface area contributed by atoms with Crippen LogP contribution in [0.3, 0.4) is 0 Å². The van der Waals surface area contributed by atoms with Crippen LogP contribution in [0.2, 0.25) is 0 Å². The Hall–Kier alpha value is -1.75. The summed E-state index contributed by atoms with van der Waals surface area (Å²) in [7, 11) is 0. The molecule has 1 aromatic carbocycles. The standard InChI is InChI=1S/C12H9BrF3NO3/c1-2-19-11(18)5-7-4-10(20-12(14,15)16)9(13)3-8(7)6-17/h3-4H,2,5H2,1H3. The number of carbonyl (C=O) groups is 1. The molecular formula is C12H9BrF3NO3. The van der Waals surface area contributed by atoms with Gasteiger partial charge < -0.3 is 9.47 Å². The van der Waals surface area contributed by atoms with E-state index in [-0.39, 0.29) is 28.6 Å². The topological polar surface area (TPSA) is 59.3 Å². The van der Waals surface area contributed by atoms with E-state index in [0.29, 0.717) is 0 Å². The van der Waals surface area contributed by atoms with Gasteiger partial charge in [0.1, 0.15) is 5.75 Å². The highest BCUT2D eigenvalue weighted by atomic mass is 79.9. The molecular weight excluding hydrogens is 343 g/mol. The zero-order valence-corrected chi connectivity index (χ0v) is 11.8. The molecule has 0 aliphatic carbocycles. The maximum Gasteiger partial charge on any atom is 0.573 e. The van der Waals surface area contributed by atoms with Crippen LogP contribution in [-0.4, -0.2) is 18.9 Å². The first-order valence-corrected chi connectivity index (χ1v) is 6.20. The number of esters is 1. The van der Waals surface area contributed by atoms with Crippen LogP contribution in [0.15, 0.2) is 16.6 Å². The monoisotopic (exact) mass is 351 g/mol. The molecule has 0 saturated carbocycles. The van der Waals surface area contributed by atoms with Gasteiger partial charge in [-0.15, -0.1) is 13.2 Å². The van der Waals surface area contributed by atoms with E-state index in [9.17, 15) is 18.0 Å². The van der Waals surface area contributed by atoms with Gasteiger partial charge in [0.15, 0.2) is 0 Å². The Morgan fingerprint density at radius 1 is 1.45 bits per heavy atom. The number of rotatable bonds is 4. The summed E-state index contributed by atoms with van der Waals surface area (Å²) < 4.78 is 45.1. The molecule has 108 valence electrons. The van der Waals surface area contributed by atoms with E-state index >= 15 is 0 Å². The fourth-order valence-electron chi connectivity index (χ4n) is 1.42. The van der Waals surface area contributed by atoms with E-state index in [1.165, 1.54) is 0 Å². The number of nitriles is 1. The quantitative estimate of drug-likeness (QED) is 0.780. The molecule has 0 aliphatic rings. The minimum absolute atomic E-state index is 0.0287. The lowest BCUT2D eigenvalue weighted by molar-refractivity contribution is -0.274. The number of benzene rings is 1. The SMILES string of the molecule is CCOC(=O)Cc1cc(OC(F)(F)F)c(Br)cc1C#N. The molecule has 0 bridgehead atoms. The van der Waals surface area contributed by atoms with E-state index in [2.05, 4.69) is 20.7 Å². The minimum atomic E-state index is -4.86. The first kappa shape index (κ1) is 16.3. The van der Waals surface area contributed by atoms with Gasteiger partial charge in [-0.05, 0) is 40.5 Å². The third-order valence-electron chi connectivity index (χ3n) is 2.14. The van der Waals surface area contributed by atoms with Crippen molar-refractivity contribution in [3.05, 3.63) is 27.7 Å². The summed E-state index contributed by atoms with van der Waals surface area (Å²) in [5.41, 5.74) is 0.174. The van der Waals surface area contributed by atoms with Gasteiger partial charge in [0, 0.05) is 0 Å². The van der Waals surface area contributed by atoms with Crippen molar-refractivity contribution in [1.29, 1.82) is 5.26 Å². The van der Waals surface area contributed by atoms with Crippen molar-refractivity contribution in [2.45, 2.75) is 19.7 Å². The van der Waals surface area contributed by atoms with Crippen molar-refractivity contribution >= 4 is 21.9 Å². The average Bonchev–Trinajstić information content (AvgIpc) is 2.31. The molecule has 0 fully saturated rings. The van der Waals surface area contributed by atoms with Crippen molar-refractivity contribution in [3.63, 3.8) is 0 Å². The summed E-state index contributed by atoms with van der Waals surface area (Å²) in [6.07, 6.45) is -5.17.